The molecule has 1 amide bonds. The van der Waals surface area contributed by atoms with Crippen LogP contribution >= 0.6 is 0 Å². The quantitative estimate of drug-likeness (QED) is 0.624. The lowest BCUT2D eigenvalue weighted by molar-refractivity contribution is -0.128. The fraction of sp³-hybridized carbons (Fsp3) is 0.900. The van der Waals surface area contributed by atoms with Gasteiger partial charge in [-0.2, -0.15) is 0 Å². The standard InChI is InChI=1S/C6H12N2O.2C2H6/c1-8-4-2-3-7-5-6(8)9;2*1-2/h7H,2-5H2,1H3;2*1-2H3. The largest absolute Gasteiger partial charge is 0.345 e. The van der Waals surface area contributed by atoms with E-state index in [1.54, 1.807) is 4.90 Å². The summed E-state index contributed by atoms with van der Waals surface area (Å²) in [6.45, 7) is 10.4. The van der Waals surface area contributed by atoms with Gasteiger partial charge in [-0.3, -0.25) is 4.79 Å². The van der Waals surface area contributed by atoms with Gasteiger partial charge in [0, 0.05) is 13.6 Å². The zero-order chi connectivity index (χ0) is 10.7. The molecule has 1 N–H and O–H groups in total. The van der Waals surface area contributed by atoms with Gasteiger partial charge < -0.3 is 10.2 Å². The molecule has 13 heavy (non-hydrogen) atoms. The summed E-state index contributed by atoms with van der Waals surface area (Å²) in [6, 6.07) is 0. The Morgan fingerprint density at radius 3 is 2.31 bits per heavy atom. The zero-order valence-corrected chi connectivity index (χ0v) is 9.68. The van der Waals surface area contributed by atoms with Crippen molar-refractivity contribution in [3.63, 3.8) is 0 Å². The molecule has 0 aromatic rings. The molecule has 0 atom stereocenters. The van der Waals surface area contributed by atoms with Crippen LogP contribution in [-0.4, -0.2) is 37.5 Å². The average Bonchev–Trinajstić information content (AvgIpc) is 2.39. The molecule has 0 unspecified atom stereocenters. The topological polar surface area (TPSA) is 32.3 Å². The molecule has 3 heteroatoms. The molecule has 1 saturated heterocycles. The van der Waals surface area contributed by atoms with Crippen molar-refractivity contribution in [1.29, 1.82) is 0 Å². The second-order valence-corrected chi connectivity index (χ2v) is 2.35. The lowest BCUT2D eigenvalue weighted by Gasteiger charge is -2.11. The minimum atomic E-state index is 0.201. The average molecular weight is 188 g/mol. The van der Waals surface area contributed by atoms with E-state index < -0.39 is 0 Å². The van der Waals surface area contributed by atoms with E-state index in [-0.39, 0.29) is 5.91 Å². The van der Waals surface area contributed by atoms with E-state index in [1.807, 2.05) is 34.7 Å². The van der Waals surface area contributed by atoms with Crippen molar-refractivity contribution in [2.45, 2.75) is 34.1 Å². The SMILES string of the molecule is CC.CC.CN1CCCNCC1=O. The van der Waals surface area contributed by atoms with Gasteiger partial charge in [0.2, 0.25) is 5.91 Å². The van der Waals surface area contributed by atoms with Crippen molar-refractivity contribution in [3.05, 3.63) is 0 Å². The predicted molar refractivity (Wildman–Crippen MR) is 57.8 cm³/mol. The van der Waals surface area contributed by atoms with Crippen molar-refractivity contribution in [2.24, 2.45) is 0 Å². The molecule has 0 saturated carbocycles. The summed E-state index contributed by atoms with van der Waals surface area (Å²) < 4.78 is 0. The number of hydrogen-bond donors (Lipinski definition) is 1. The van der Waals surface area contributed by atoms with E-state index in [2.05, 4.69) is 5.32 Å². The molecule has 1 fully saturated rings. The highest BCUT2D eigenvalue weighted by atomic mass is 16.2. The second-order valence-electron chi connectivity index (χ2n) is 2.35. The van der Waals surface area contributed by atoms with Crippen molar-refractivity contribution in [2.75, 3.05) is 26.7 Å². The van der Waals surface area contributed by atoms with Gasteiger partial charge in [-0.1, -0.05) is 27.7 Å². The maximum Gasteiger partial charge on any atom is 0.236 e. The van der Waals surface area contributed by atoms with Crippen LogP contribution in [0.4, 0.5) is 0 Å². The number of amides is 1. The molecule has 80 valence electrons. The van der Waals surface area contributed by atoms with Crippen molar-refractivity contribution in [1.82, 2.24) is 10.2 Å². The first-order chi connectivity index (χ1) is 6.30. The summed E-state index contributed by atoms with van der Waals surface area (Å²) in [4.78, 5) is 12.6. The first-order valence-corrected chi connectivity index (χ1v) is 5.25. The first-order valence-electron chi connectivity index (χ1n) is 5.25. The van der Waals surface area contributed by atoms with Crippen LogP contribution in [-0.2, 0) is 4.79 Å². The lowest BCUT2D eigenvalue weighted by atomic mass is 10.4. The van der Waals surface area contributed by atoms with Crippen LogP contribution in [0.5, 0.6) is 0 Å². The molecule has 3 nitrogen and oxygen atoms in total. The van der Waals surface area contributed by atoms with Crippen molar-refractivity contribution >= 4 is 5.91 Å². The Kier molecular flexibility index (Phi) is 13.1. The van der Waals surface area contributed by atoms with Crippen molar-refractivity contribution < 1.29 is 4.79 Å². The minimum absolute atomic E-state index is 0.201. The minimum Gasteiger partial charge on any atom is -0.345 e. The van der Waals surface area contributed by atoms with E-state index in [0.29, 0.717) is 6.54 Å². The summed E-state index contributed by atoms with van der Waals surface area (Å²) in [5.74, 6) is 0.201. The van der Waals surface area contributed by atoms with E-state index >= 15 is 0 Å². The Bertz CT molecular complexity index is 115. The summed E-state index contributed by atoms with van der Waals surface area (Å²) in [7, 11) is 1.84. The van der Waals surface area contributed by atoms with E-state index in [1.165, 1.54) is 0 Å². The molecule has 1 aliphatic heterocycles. The fourth-order valence-corrected chi connectivity index (χ4v) is 0.896. The molecule has 0 aliphatic carbocycles. The van der Waals surface area contributed by atoms with Crippen LogP contribution in [0, 0.1) is 0 Å². The number of likely N-dealkylation sites (N-methyl/N-ethyl adjacent to an activating group) is 1. The van der Waals surface area contributed by atoms with Crippen LogP contribution in [0.2, 0.25) is 0 Å². The van der Waals surface area contributed by atoms with Gasteiger partial charge >= 0.3 is 0 Å². The van der Waals surface area contributed by atoms with E-state index in [9.17, 15) is 4.79 Å². The first kappa shape index (κ1) is 14.9. The van der Waals surface area contributed by atoms with Gasteiger partial charge in [0.15, 0.2) is 0 Å². The van der Waals surface area contributed by atoms with Crippen molar-refractivity contribution in [3.8, 4) is 0 Å². The van der Waals surface area contributed by atoms with Gasteiger partial charge in [-0.15, -0.1) is 0 Å². The Labute approximate surface area is 82.5 Å². The molecule has 1 rings (SSSR count). The smallest absolute Gasteiger partial charge is 0.236 e. The monoisotopic (exact) mass is 188 g/mol. The van der Waals surface area contributed by atoms with E-state index in [0.717, 1.165) is 19.5 Å². The van der Waals surface area contributed by atoms with Crippen LogP contribution < -0.4 is 5.32 Å². The Balaban J connectivity index is 0. The van der Waals surface area contributed by atoms with Crippen LogP contribution in [0.1, 0.15) is 34.1 Å². The molecular weight excluding hydrogens is 164 g/mol. The molecule has 0 aromatic heterocycles. The normalized spacial score (nSPS) is 16.1. The van der Waals surface area contributed by atoms with Gasteiger partial charge in [0.25, 0.3) is 0 Å². The number of nitrogens with zero attached hydrogens (tertiary/aromatic N) is 1. The highest BCUT2D eigenvalue weighted by Crippen LogP contribution is 1.90. The summed E-state index contributed by atoms with van der Waals surface area (Å²) >= 11 is 0. The molecule has 1 aliphatic rings. The van der Waals surface area contributed by atoms with Gasteiger partial charge in [-0.25, -0.2) is 0 Å². The third-order valence-corrected chi connectivity index (χ3v) is 1.55. The highest BCUT2D eigenvalue weighted by Gasteiger charge is 2.10. The number of rotatable bonds is 0. The third kappa shape index (κ3) is 7.78. The maximum absolute atomic E-state index is 10.9. The van der Waals surface area contributed by atoms with Crippen LogP contribution in [0.25, 0.3) is 0 Å². The molecule has 0 aromatic carbocycles. The zero-order valence-electron chi connectivity index (χ0n) is 9.68. The number of hydrogen-bond acceptors (Lipinski definition) is 2. The van der Waals surface area contributed by atoms with Crippen LogP contribution in [0.3, 0.4) is 0 Å². The second kappa shape index (κ2) is 11.4. The molecule has 0 radical (unpaired) electrons. The number of nitrogens with one attached hydrogen (secondary N) is 1. The number of carbonyl (C=O) groups excluding carboxylic acids is 1. The predicted octanol–water partition coefficient (Wildman–Crippen LogP) is 1.49. The summed E-state index contributed by atoms with van der Waals surface area (Å²) in [5, 5.41) is 3.04. The van der Waals surface area contributed by atoms with Gasteiger partial charge in [-0.05, 0) is 13.0 Å². The summed E-state index contributed by atoms with van der Waals surface area (Å²) in [5.41, 5.74) is 0. The summed E-state index contributed by atoms with van der Waals surface area (Å²) in [6.07, 6.45) is 1.07. The molecule has 1 heterocycles. The van der Waals surface area contributed by atoms with E-state index in [4.69, 9.17) is 0 Å². The van der Waals surface area contributed by atoms with Crippen LogP contribution in [0.15, 0.2) is 0 Å². The van der Waals surface area contributed by atoms with Gasteiger partial charge in [0.1, 0.15) is 0 Å². The fourth-order valence-electron chi connectivity index (χ4n) is 0.896. The Hall–Kier alpha value is -0.570. The maximum atomic E-state index is 10.9. The molecule has 0 bridgehead atoms. The highest BCUT2D eigenvalue weighted by molar-refractivity contribution is 5.78. The number of carbonyl (C=O) groups is 1. The Morgan fingerprint density at radius 1 is 1.23 bits per heavy atom. The molecular formula is C10H24N2O. The lowest BCUT2D eigenvalue weighted by Crippen LogP contribution is -2.31. The van der Waals surface area contributed by atoms with Gasteiger partial charge in [0.05, 0.1) is 6.54 Å². The Morgan fingerprint density at radius 2 is 1.77 bits per heavy atom. The third-order valence-electron chi connectivity index (χ3n) is 1.55. The molecule has 0 spiro atoms.